The maximum atomic E-state index is 5.56. The van der Waals surface area contributed by atoms with Gasteiger partial charge in [0, 0.05) is 0 Å². The van der Waals surface area contributed by atoms with Crippen molar-refractivity contribution in [3.63, 3.8) is 0 Å². The summed E-state index contributed by atoms with van der Waals surface area (Å²) in [4.78, 5) is 0. The van der Waals surface area contributed by atoms with Crippen molar-refractivity contribution < 1.29 is 11.6 Å². The van der Waals surface area contributed by atoms with Crippen LogP contribution in [0.4, 0.5) is 0 Å². The molecule has 0 saturated heterocycles. The molecule has 0 radical (unpaired) electrons. The molecular weight excluding hydrogens is 202 g/mol. The van der Waals surface area contributed by atoms with Gasteiger partial charge >= 0.3 is 70.0 Å². The second-order valence-electron chi connectivity index (χ2n) is 1.93. The van der Waals surface area contributed by atoms with E-state index in [2.05, 4.69) is 6.92 Å². The molecule has 0 aliphatic rings. The number of hydrogen-bond donors (Lipinski definition) is 0. The van der Waals surface area contributed by atoms with Crippen molar-refractivity contribution in [1.29, 1.82) is 0 Å². The van der Waals surface area contributed by atoms with Crippen LogP contribution in [0, 0.1) is 0 Å². The van der Waals surface area contributed by atoms with Crippen molar-refractivity contribution in [2.75, 3.05) is 0 Å². The molecular formula is C6H13Cl2Ni. The van der Waals surface area contributed by atoms with E-state index in [4.69, 9.17) is 20.4 Å². The zero-order valence-electron chi connectivity index (χ0n) is 5.61. The van der Waals surface area contributed by atoms with Crippen LogP contribution in [-0.2, 0) is 11.6 Å². The average Bonchev–Trinajstić information content (AvgIpc) is 1.80. The molecule has 0 aromatic carbocycles. The third kappa shape index (κ3) is 9.07. The van der Waals surface area contributed by atoms with Crippen molar-refractivity contribution in [1.82, 2.24) is 0 Å². The van der Waals surface area contributed by atoms with Gasteiger partial charge in [0.15, 0.2) is 0 Å². The quantitative estimate of drug-likeness (QED) is 0.481. The zero-order chi connectivity index (χ0) is 7.11. The Balaban J connectivity index is 2.75. The third-order valence-electron chi connectivity index (χ3n) is 1.08. The molecule has 0 bridgehead atoms. The molecule has 0 aliphatic carbocycles. The molecule has 0 aromatic rings. The van der Waals surface area contributed by atoms with E-state index in [9.17, 15) is 0 Å². The number of unbranched alkanes of at least 4 members (excludes halogenated alkanes) is 3. The molecule has 0 heterocycles. The first-order valence-electron chi connectivity index (χ1n) is 3.17. The van der Waals surface area contributed by atoms with Gasteiger partial charge in [0.05, 0.1) is 0 Å². The molecule has 0 atom stereocenters. The van der Waals surface area contributed by atoms with E-state index < -0.39 is 11.6 Å². The van der Waals surface area contributed by atoms with E-state index >= 15 is 0 Å². The van der Waals surface area contributed by atoms with Gasteiger partial charge in [-0.2, -0.15) is 0 Å². The van der Waals surface area contributed by atoms with Crippen molar-refractivity contribution >= 4 is 20.4 Å². The molecule has 0 amide bonds. The zero-order valence-corrected chi connectivity index (χ0v) is 8.11. The van der Waals surface area contributed by atoms with Gasteiger partial charge in [0.25, 0.3) is 0 Å². The van der Waals surface area contributed by atoms with Crippen LogP contribution < -0.4 is 0 Å². The first-order valence-corrected chi connectivity index (χ1v) is 6.59. The van der Waals surface area contributed by atoms with Gasteiger partial charge in [-0.15, -0.1) is 0 Å². The molecule has 9 heavy (non-hydrogen) atoms. The molecule has 0 saturated carbocycles. The first kappa shape index (κ1) is 10.1. The van der Waals surface area contributed by atoms with Crippen LogP contribution in [0.15, 0.2) is 0 Å². The van der Waals surface area contributed by atoms with Crippen LogP contribution >= 0.6 is 20.4 Å². The second-order valence-corrected chi connectivity index (χ2v) is 5.98. The van der Waals surface area contributed by atoms with Gasteiger partial charge in [-0.05, 0) is 0 Å². The van der Waals surface area contributed by atoms with Crippen LogP contribution in [0.1, 0.15) is 32.6 Å². The Labute approximate surface area is 70.1 Å². The van der Waals surface area contributed by atoms with E-state index in [1.165, 1.54) is 25.7 Å². The summed E-state index contributed by atoms with van der Waals surface area (Å²) >= 11 is -0.486. The molecule has 0 aromatic heterocycles. The monoisotopic (exact) mass is 213 g/mol. The number of rotatable bonds is 5. The van der Waals surface area contributed by atoms with E-state index in [1.807, 2.05) is 0 Å². The number of hydrogen-bond acceptors (Lipinski definition) is 0. The van der Waals surface area contributed by atoms with Crippen molar-refractivity contribution in [2.45, 2.75) is 38.0 Å². The maximum absolute atomic E-state index is 5.56. The summed E-state index contributed by atoms with van der Waals surface area (Å²) in [6, 6.07) is 0. The predicted molar refractivity (Wildman–Crippen MR) is 40.7 cm³/mol. The number of halogens is 2. The van der Waals surface area contributed by atoms with Crippen LogP contribution in [0.2, 0.25) is 5.39 Å². The second kappa shape index (κ2) is 7.18. The third-order valence-corrected chi connectivity index (χ3v) is 2.79. The Kier molecular flexibility index (Phi) is 8.04. The molecule has 0 aliphatic heterocycles. The van der Waals surface area contributed by atoms with Crippen molar-refractivity contribution in [3.05, 3.63) is 0 Å². The van der Waals surface area contributed by atoms with Gasteiger partial charge in [-0.25, -0.2) is 0 Å². The minimum absolute atomic E-state index is 0.486. The summed E-state index contributed by atoms with van der Waals surface area (Å²) in [6.45, 7) is 2.20. The molecule has 0 fully saturated rings. The van der Waals surface area contributed by atoms with Crippen LogP contribution in [0.3, 0.4) is 0 Å². The molecule has 0 nitrogen and oxygen atoms in total. The summed E-state index contributed by atoms with van der Waals surface area (Å²) in [7, 11) is 11.1. The standard InChI is InChI=1S/C6H13.2ClH.Ni/c1-3-5-6-4-2;;;/h1,3-6H2,2H3;2*1H;/q;;;+2/p-2. The minimum atomic E-state index is -0.486. The van der Waals surface area contributed by atoms with Gasteiger partial charge < -0.3 is 0 Å². The fraction of sp³-hybridized carbons (Fsp3) is 1.00. The Morgan fingerprint density at radius 2 is 1.78 bits per heavy atom. The van der Waals surface area contributed by atoms with Crippen LogP contribution in [-0.4, -0.2) is 0 Å². The van der Waals surface area contributed by atoms with E-state index in [1.54, 1.807) is 0 Å². The van der Waals surface area contributed by atoms with Gasteiger partial charge in [-0.1, -0.05) is 0 Å². The molecule has 0 rings (SSSR count). The normalized spacial score (nSPS) is 11.7. The summed E-state index contributed by atoms with van der Waals surface area (Å²) in [5.74, 6) is 0. The molecule has 0 N–H and O–H groups in total. The molecule has 0 unspecified atom stereocenters. The van der Waals surface area contributed by atoms with E-state index in [0.717, 1.165) is 5.39 Å². The van der Waals surface area contributed by atoms with E-state index in [0.29, 0.717) is 0 Å². The Bertz CT molecular complexity index is 57.0. The average molecular weight is 215 g/mol. The fourth-order valence-corrected chi connectivity index (χ4v) is 1.80. The van der Waals surface area contributed by atoms with Gasteiger partial charge in [-0.3, -0.25) is 0 Å². The van der Waals surface area contributed by atoms with E-state index in [-0.39, 0.29) is 0 Å². The SMILES string of the molecule is CCCCC[CH2][Ni]([Cl])[Cl]. The van der Waals surface area contributed by atoms with Gasteiger partial charge in [0.1, 0.15) is 0 Å². The Morgan fingerprint density at radius 3 is 2.22 bits per heavy atom. The molecule has 3 heteroatoms. The fourth-order valence-electron chi connectivity index (χ4n) is 0.590. The Morgan fingerprint density at radius 1 is 1.11 bits per heavy atom. The first-order chi connectivity index (χ1) is 4.27. The summed E-state index contributed by atoms with van der Waals surface area (Å²) in [5, 5.41) is 0.989. The van der Waals surface area contributed by atoms with Crippen molar-refractivity contribution in [2.24, 2.45) is 0 Å². The van der Waals surface area contributed by atoms with Crippen molar-refractivity contribution in [3.8, 4) is 0 Å². The molecule has 61 valence electrons. The van der Waals surface area contributed by atoms with Crippen LogP contribution in [0.25, 0.3) is 0 Å². The predicted octanol–water partition coefficient (Wildman–Crippen LogP) is 3.91. The molecule has 0 spiro atoms. The topological polar surface area (TPSA) is 0 Å². The summed E-state index contributed by atoms with van der Waals surface area (Å²) in [5.41, 5.74) is 0. The Hall–Kier alpha value is 1.07. The summed E-state index contributed by atoms with van der Waals surface area (Å²) < 4.78 is 0. The summed E-state index contributed by atoms with van der Waals surface area (Å²) in [6.07, 6.45) is 5.06. The van der Waals surface area contributed by atoms with Gasteiger partial charge in [0.2, 0.25) is 0 Å². The van der Waals surface area contributed by atoms with Crippen LogP contribution in [0.5, 0.6) is 0 Å².